The van der Waals surface area contributed by atoms with Crippen LogP contribution < -0.4 is 5.73 Å². The molecule has 0 rings (SSSR count). The molecule has 0 aliphatic rings. The second kappa shape index (κ2) is 17.8. The third-order valence-electron chi connectivity index (χ3n) is 6.02. The number of hydrogen-bond acceptors (Lipinski definition) is 1. The zero-order valence-corrected chi connectivity index (χ0v) is 19.6. The lowest BCUT2D eigenvalue weighted by Crippen LogP contribution is -2.32. The Morgan fingerprint density at radius 1 is 0.741 bits per heavy atom. The highest BCUT2D eigenvalue weighted by atomic mass is 14.7. The van der Waals surface area contributed by atoms with Gasteiger partial charge in [0.25, 0.3) is 0 Å². The van der Waals surface area contributed by atoms with Crippen LogP contribution in [-0.4, -0.2) is 5.54 Å². The number of rotatable bonds is 20. The Labute approximate surface area is 173 Å². The minimum atomic E-state index is -0.0385. The summed E-state index contributed by atoms with van der Waals surface area (Å²) in [5, 5.41) is 0. The molecule has 1 atom stereocenters. The Morgan fingerprint density at radius 3 is 1.48 bits per heavy atom. The van der Waals surface area contributed by atoms with Crippen LogP contribution in [0.4, 0.5) is 0 Å². The van der Waals surface area contributed by atoms with E-state index in [4.69, 9.17) is 5.73 Å². The van der Waals surface area contributed by atoms with E-state index < -0.39 is 0 Å². The van der Waals surface area contributed by atoms with Crippen molar-refractivity contribution in [2.75, 3.05) is 0 Å². The van der Waals surface area contributed by atoms with E-state index in [1.165, 1.54) is 115 Å². The van der Waals surface area contributed by atoms with Crippen molar-refractivity contribution in [1.82, 2.24) is 0 Å². The third kappa shape index (κ3) is 20.2. The predicted molar refractivity (Wildman–Crippen MR) is 125 cm³/mol. The molecule has 1 unspecified atom stereocenters. The number of allylic oxidation sites excluding steroid dienone is 1. The summed E-state index contributed by atoms with van der Waals surface area (Å²) in [6.45, 7) is 13.2. The summed E-state index contributed by atoms with van der Waals surface area (Å²) in [5.74, 6) is 0.625. The van der Waals surface area contributed by atoms with Crippen molar-refractivity contribution in [3.63, 3.8) is 0 Å². The van der Waals surface area contributed by atoms with Gasteiger partial charge in [0.1, 0.15) is 0 Å². The molecule has 0 fully saturated rings. The molecule has 0 radical (unpaired) electrons. The lowest BCUT2D eigenvalue weighted by molar-refractivity contribution is 0.417. The molecule has 27 heavy (non-hydrogen) atoms. The minimum Gasteiger partial charge on any atom is -0.326 e. The summed E-state index contributed by atoms with van der Waals surface area (Å²) in [5.41, 5.74) is 7.49. The van der Waals surface area contributed by atoms with Gasteiger partial charge < -0.3 is 5.73 Å². The van der Waals surface area contributed by atoms with Gasteiger partial charge in [0.2, 0.25) is 0 Å². The maximum absolute atomic E-state index is 6.09. The first-order chi connectivity index (χ1) is 12.9. The summed E-state index contributed by atoms with van der Waals surface area (Å²) in [7, 11) is 0. The van der Waals surface area contributed by atoms with Crippen LogP contribution in [0.15, 0.2) is 12.2 Å². The molecule has 1 heteroatoms. The molecule has 162 valence electrons. The second-order valence-corrected chi connectivity index (χ2v) is 9.79. The van der Waals surface area contributed by atoms with Crippen molar-refractivity contribution < 1.29 is 0 Å². The summed E-state index contributed by atoms with van der Waals surface area (Å²) >= 11 is 0. The average molecular weight is 380 g/mol. The van der Waals surface area contributed by atoms with E-state index in [9.17, 15) is 0 Å². The molecule has 1 nitrogen and oxygen atoms in total. The maximum atomic E-state index is 6.09. The molecule has 0 amide bonds. The summed E-state index contributed by atoms with van der Waals surface area (Å²) in [6, 6.07) is 0. The molecule has 0 aromatic carbocycles. The summed E-state index contributed by atoms with van der Waals surface area (Å²) < 4.78 is 0. The van der Waals surface area contributed by atoms with Gasteiger partial charge in [-0.15, -0.1) is 0 Å². The lowest BCUT2D eigenvalue weighted by atomic mass is 9.88. The first-order valence-electron chi connectivity index (χ1n) is 12.3. The maximum Gasteiger partial charge on any atom is 0.00972 e. The van der Waals surface area contributed by atoms with E-state index in [0.29, 0.717) is 5.92 Å². The van der Waals surface area contributed by atoms with Crippen molar-refractivity contribution >= 4 is 0 Å². The van der Waals surface area contributed by atoms with Crippen LogP contribution in [0.1, 0.15) is 143 Å². The molecule has 0 saturated heterocycles. The summed E-state index contributed by atoms with van der Waals surface area (Å²) in [4.78, 5) is 0. The van der Waals surface area contributed by atoms with Gasteiger partial charge >= 0.3 is 0 Å². The lowest BCUT2D eigenvalue weighted by Gasteiger charge is -2.22. The monoisotopic (exact) mass is 379 g/mol. The average Bonchev–Trinajstić information content (AvgIpc) is 2.62. The van der Waals surface area contributed by atoms with Crippen molar-refractivity contribution in [2.45, 2.75) is 149 Å². The predicted octanol–water partition coefficient (Wildman–Crippen LogP) is 8.96. The van der Waals surface area contributed by atoms with E-state index in [2.05, 4.69) is 34.3 Å². The molecule has 2 N–H and O–H groups in total. The topological polar surface area (TPSA) is 26.0 Å². The van der Waals surface area contributed by atoms with Gasteiger partial charge in [0.05, 0.1) is 0 Å². The zero-order valence-electron chi connectivity index (χ0n) is 19.6. The van der Waals surface area contributed by atoms with Gasteiger partial charge in [0.15, 0.2) is 0 Å². The van der Waals surface area contributed by atoms with Gasteiger partial charge in [-0.3, -0.25) is 0 Å². The fourth-order valence-corrected chi connectivity index (χ4v) is 3.76. The van der Waals surface area contributed by atoms with Crippen LogP contribution in [0.5, 0.6) is 0 Å². The number of unbranched alkanes of at least 4 members (excludes halogenated alkanes) is 14. The highest BCUT2D eigenvalue weighted by Gasteiger charge is 2.14. The van der Waals surface area contributed by atoms with Crippen LogP contribution in [0.25, 0.3) is 0 Å². The van der Waals surface area contributed by atoms with E-state index in [1.807, 2.05) is 0 Å². The van der Waals surface area contributed by atoms with E-state index in [1.54, 1.807) is 0 Å². The molecule has 0 aromatic heterocycles. The van der Waals surface area contributed by atoms with Gasteiger partial charge in [-0.2, -0.15) is 0 Å². The minimum absolute atomic E-state index is 0.0385. The fraction of sp³-hybridized carbons (Fsp3) is 0.923. The molecule has 0 aromatic rings. The van der Waals surface area contributed by atoms with Crippen molar-refractivity contribution in [3.8, 4) is 0 Å². The number of nitrogens with two attached hydrogens (primary N) is 1. The molecule has 0 saturated carbocycles. The van der Waals surface area contributed by atoms with Gasteiger partial charge in [-0.05, 0) is 45.4 Å². The van der Waals surface area contributed by atoms with Gasteiger partial charge in [-0.25, -0.2) is 0 Å². The Hall–Kier alpha value is -0.300. The molecule has 0 spiro atoms. The normalized spacial score (nSPS) is 13.1. The standard InChI is InChI=1S/C26H53N/c1-6-7-8-9-10-11-12-13-14-15-16-17-18-19-20-21-24(2)25(3)22-23-26(4,5)27/h25H,2,6-23,27H2,1,3-5H3. The number of hydrogen-bond donors (Lipinski definition) is 1. The first-order valence-corrected chi connectivity index (χ1v) is 12.3. The van der Waals surface area contributed by atoms with Crippen molar-refractivity contribution in [3.05, 3.63) is 12.2 Å². The zero-order chi connectivity index (χ0) is 20.4. The Bertz CT molecular complexity index is 326. The third-order valence-corrected chi connectivity index (χ3v) is 6.02. The molecular weight excluding hydrogens is 326 g/mol. The Balaban J connectivity index is 3.29. The van der Waals surface area contributed by atoms with Crippen LogP contribution in [0.2, 0.25) is 0 Å². The fourth-order valence-electron chi connectivity index (χ4n) is 3.76. The largest absolute Gasteiger partial charge is 0.326 e. The smallest absolute Gasteiger partial charge is 0.00972 e. The van der Waals surface area contributed by atoms with Crippen LogP contribution in [-0.2, 0) is 0 Å². The Morgan fingerprint density at radius 2 is 1.11 bits per heavy atom. The molecule has 0 heterocycles. The quantitative estimate of drug-likeness (QED) is 0.166. The molecule has 0 aliphatic heterocycles. The highest BCUT2D eigenvalue weighted by Crippen LogP contribution is 2.23. The second-order valence-electron chi connectivity index (χ2n) is 9.79. The molecule has 0 bridgehead atoms. The molecular formula is C26H53N. The van der Waals surface area contributed by atoms with Gasteiger partial charge in [0, 0.05) is 5.54 Å². The van der Waals surface area contributed by atoms with Gasteiger partial charge in [-0.1, -0.05) is 116 Å². The highest BCUT2D eigenvalue weighted by molar-refractivity contribution is 4.99. The SMILES string of the molecule is C=C(CCCCCCCCCCCCCCCCC)C(C)CCC(C)(C)N. The Kier molecular flexibility index (Phi) is 17.6. The van der Waals surface area contributed by atoms with E-state index >= 15 is 0 Å². The van der Waals surface area contributed by atoms with Crippen LogP contribution >= 0.6 is 0 Å². The van der Waals surface area contributed by atoms with Crippen LogP contribution in [0.3, 0.4) is 0 Å². The van der Waals surface area contributed by atoms with Crippen LogP contribution in [0, 0.1) is 5.92 Å². The van der Waals surface area contributed by atoms with Crippen molar-refractivity contribution in [1.29, 1.82) is 0 Å². The van der Waals surface area contributed by atoms with Crippen molar-refractivity contribution in [2.24, 2.45) is 11.7 Å². The summed E-state index contributed by atoms with van der Waals surface area (Å²) in [6.07, 6.45) is 25.0. The van der Waals surface area contributed by atoms with E-state index in [0.717, 1.165) is 6.42 Å². The first kappa shape index (κ1) is 26.7. The molecule has 0 aliphatic carbocycles. The van der Waals surface area contributed by atoms with E-state index in [-0.39, 0.29) is 5.54 Å².